The van der Waals surface area contributed by atoms with Crippen LogP contribution >= 0.6 is 0 Å². The van der Waals surface area contributed by atoms with E-state index < -0.39 is 0 Å². The Bertz CT molecular complexity index is 588. The molecule has 0 spiro atoms. The van der Waals surface area contributed by atoms with Crippen molar-refractivity contribution in [3.05, 3.63) is 29.8 Å². The molecule has 1 saturated heterocycles. The van der Waals surface area contributed by atoms with Gasteiger partial charge in [0.15, 0.2) is 0 Å². The number of esters is 1. The maximum atomic E-state index is 12.2. The van der Waals surface area contributed by atoms with Gasteiger partial charge < -0.3 is 20.1 Å². The van der Waals surface area contributed by atoms with Gasteiger partial charge >= 0.3 is 5.97 Å². The number of rotatable bonds is 5. The van der Waals surface area contributed by atoms with E-state index in [-0.39, 0.29) is 30.1 Å². The van der Waals surface area contributed by atoms with Crippen LogP contribution in [0.5, 0.6) is 5.75 Å². The van der Waals surface area contributed by atoms with Crippen molar-refractivity contribution in [1.82, 2.24) is 10.6 Å². The molecule has 6 heteroatoms. The zero-order valence-electron chi connectivity index (χ0n) is 14.6. The minimum Gasteiger partial charge on any atom is -0.490 e. The molecule has 2 N–H and O–H groups in total. The molecule has 2 fully saturated rings. The highest BCUT2D eigenvalue weighted by Crippen LogP contribution is 2.24. The van der Waals surface area contributed by atoms with Gasteiger partial charge in [-0.25, -0.2) is 4.79 Å². The molecule has 25 heavy (non-hydrogen) atoms. The number of methoxy groups -OCH3 is 1. The third-order valence-electron chi connectivity index (χ3n) is 4.98. The van der Waals surface area contributed by atoms with Gasteiger partial charge in [-0.2, -0.15) is 0 Å². The lowest BCUT2D eigenvalue weighted by molar-refractivity contribution is -0.123. The molecule has 2 aliphatic rings. The lowest BCUT2D eigenvalue weighted by Crippen LogP contribution is -2.47. The molecule has 136 valence electrons. The van der Waals surface area contributed by atoms with E-state index in [2.05, 4.69) is 15.4 Å². The highest BCUT2D eigenvalue weighted by atomic mass is 16.5. The zero-order chi connectivity index (χ0) is 17.6. The highest BCUT2D eigenvalue weighted by Gasteiger charge is 2.27. The molecule has 1 aromatic carbocycles. The van der Waals surface area contributed by atoms with Crippen molar-refractivity contribution in [1.29, 1.82) is 0 Å². The monoisotopic (exact) mass is 346 g/mol. The maximum absolute atomic E-state index is 12.2. The molecule has 1 aliphatic heterocycles. The van der Waals surface area contributed by atoms with Gasteiger partial charge in [0.2, 0.25) is 5.91 Å². The molecule has 0 bridgehead atoms. The Hall–Kier alpha value is -2.08. The summed E-state index contributed by atoms with van der Waals surface area (Å²) in [6.07, 6.45) is 5.87. The van der Waals surface area contributed by atoms with Gasteiger partial charge in [0, 0.05) is 6.04 Å². The van der Waals surface area contributed by atoms with E-state index in [1.807, 2.05) is 0 Å². The second kappa shape index (κ2) is 8.34. The average molecular weight is 346 g/mol. The van der Waals surface area contributed by atoms with Gasteiger partial charge in [-0.15, -0.1) is 0 Å². The highest BCUT2D eigenvalue weighted by molar-refractivity contribution is 5.89. The van der Waals surface area contributed by atoms with Crippen molar-refractivity contribution >= 4 is 11.9 Å². The van der Waals surface area contributed by atoms with Crippen molar-refractivity contribution in [2.75, 3.05) is 13.7 Å². The van der Waals surface area contributed by atoms with E-state index in [1.165, 1.54) is 7.11 Å². The number of amides is 1. The third kappa shape index (κ3) is 4.72. The quantitative estimate of drug-likeness (QED) is 0.798. The van der Waals surface area contributed by atoms with Gasteiger partial charge in [0.05, 0.1) is 24.8 Å². The Morgan fingerprint density at radius 1 is 1.08 bits per heavy atom. The minimum absolute atomic E-state index is 0.0118. The van der Waals surface area contributed by atoms with Gasteiger partial charge in [-0.1, -0.05) is 0 Å². The SMILES string of the molecule is COC(=O)c1ccc(OC2CCC(NC(=O)[C@H]3CCCN3)CC2)cc1. The lowest BCUT2D eigenvalue weighted by atomic mass is 9.92. The van der Waals surface area contributed by atoms with Crippen LogP contribution in [0.3, 0.4) is 0 Å². The molecule has 1 aliphatic carbocycles. The number of carbonyl (C=O) groups is 2. The number of carbonyl (C=O) groups excluding carboxylic acids is 2. The zero-order valence-corrected chi connectivity index (χ0v) is 14.6. The summed E-state index contributed by atoms with van der Waals surface area (Å²) in [6, 6.07) is 7.25. The van der Waals surface area contributed by atoms with Crippen LogP contribution in [0.2, 0.25) is 0 Å². The summed E-state index contributed by atoms with van der Waals surface area (Å²) in [6.45, 7) is 0.938. The van der Waals surface area contributed by atoms with Crippen LogP contribution in [0, 0.1) is 0 Å². The number of ether oxygens (including phenoxy) is 2. The van der Waals surface area contributed by atoms with E-state index in [4.69, 9.17) is 4.74 Å². The van der Waals surface area contributed by atoms with Crippen LogP contribution in [0.1, 0.15) is 48.9 Å². The molecular formula is C19H26N2O4. The normalized spacial score (nSPS) is 26.0. The second-order valence-corrected chi connectivity index (χ2v) is 6.76. The lowest BCUT2D eigenvalue weighted by Gasteiger charge is -2.30. The average Bonchev–Trinajstić information content (AvgIpc) is 3.18. The van der Waals surface area contributed by atoms with E-state index in [1.54, 1.807) is 24.3 Å². The number of benzene rings is 1. The summed E-state index contributed by atoms with van der Waals surface area (Å²) in [5, 5.41) is 6.40. The first-order valence-corrected chi connectivity index (χ1v) is 9.04. The van der Waals surface area contributed by atoms with Crippen LogP contribution < -0.4 is 15.4 Å². The summed E-state index contributed by atoms with van der Waals surface area (Å²) in [7, 11) is 1.37. The van der Waals surface area contributed by atoms with E-state index in [9.17, 15) is 9.59 Å². The molecular weight excluding hydrogens is 320 g/mol. The fraction of sp³-hybridized carbons (Fsp3) is 0.579. The largest absolute Gasteiger partial charge is 0.490 e. The third-order valence-corrected chi connectivity index (χ3v) is 4.98. The number of hydrogen-bond donors (Lipinski definition) is 2. The molecule has 6 nitrogen and oxygen atoms in total. The maximum Gasteiger partial charge on any atom is 0.337 e. The van der Waals surface area contributed by atoms with E-state index in [0.717, 1.165) is 50.8 Å². The second-order valence-electron chi connectivity index (χ2n) is 6.76. The standard InChI is InChI=1S/C19H26N2O4/c1-24-19(23)13-4-8-15(9-5-13)25-16-10-6-14(7-11-16)21-18(22)17-3-2-12-20-17/h4-5,8-9,14,16-17,20H,2-3,6-7,10-12H2,1H3,(H,21,22)/t14?,16?,17-/m1/s1. The summed E-state index contributed by atoms with van der Waals surface area (Å²) in [5.74, 6) is 0.551. The Morgan fingerprint density at radius 2 is 1.80 bits per heavy atom. The van der Waals surface area contributed by atoms with Crippen molar-refractivity contribution in [3.8, 4) is 5.75 Å². The molecule has 0 radical (unpaired) electrons. The topological polar surface area (TPSA) is 76.7 Å². The van der Waals surface area contributed by atoms with E-state index >= 15 is 0 Å². The molecule has 0 unspecified atom stereocenters. The predicted octanol–water partition coefficient (Wildman–Crippen LogP) is 2.03. The van der Waals surface area contributed by atoms with Crippen LogP contribution in [-0.2, 0) is 9.53 Å². The summed E-state index contributed by atoms with van der Waals surface area (Å²) >= 11 is 0. The fourth-order valence-electron chi connectivity index (χ4n) is 3.52. The Balaban J connectivity index is 1.43. The molecule has 1 aromatic rings. The van der Waals surface area contributed by atoms with Crippen molar-refractivity contribution in [2.24, 2.45) is 0 Å². The molecule has 3 rings (SSSR count). The van der Waals surface area contributed by atoms with Crippen molar-refractivity contribution in [2.45, 2.75) is 56.7 Å². The predicted molar refractivity (Wildman–Crippen MR) is 93.6 cm³/mol. The van der Waals surface area contributed by atoms with Gasteiger partial charge in [0.25, 0.3) is 0 Å². The first-order valence-electron chi connectivity index (χ1n) is 9.04. The molecule has 1 heterocycles. The molecule has 0 aromatic heterocycles. The van der Waals surface area contributed by atoms with E-state index in [0.29, 0.717) is 5.56 Å². The Morgan fingerprint density at radius 3 is 2.40 bits per heavy atom. The van der Waals surface area contributed by atoms with Crippen LogP contribution in [0.15, 0.2) is 24.3 Å². The summed E-state index contributed by atoms with van der Waals surface area (Å²) in [5.41, 5.74) is 0.516. The van der Waals surface area contributed by atoms with Gasteiger partial charge in [-0.3, -0.25) is 4.79 Å². The fourth-order valence-corrected chi connectivity index (χ4v) is 3.52. The minimum atomic E-state index is -0.348. The van der Waals surface area contributed by atoms with Crippen LogP contribution in [0.4, 0.5) is 0 Å². The number of hydrogen-bond acceptors (Lipinski definition) is 5. The first-order chi connectivity index (χ1) is 12.2. The summed E-state index contributed by atoms with van der Waals surface area (Å²) < 4.78 is 10.7. The Labute approximate surface area is 148 Å². The molecule has 1 saturated carbocycles. The smallest absolute Gasteiger partial charge is 0.337 e. The van der Waals surface area contributed by atoms with Crippen LogP contribution in [-0.4, -0.2) is 43.7 Å². The van der Waals surface area contributed by atoms with Gasteiger partial charge in [-0.05, 0) is 69.3 Å². The number of nitrogens with one attached hydrogen (secondary N) is 2. The first kappa shape index (κ1) is 17.7. The van der Waals surface area contributed by atoms with Crippen LogP contribution in [0.25, 0.3) is 0 Å². The van der Waals surface area contributed by atoms with Crippen molar-refractivity contribution < 1.29 is 19.1 Å². The van der Waals surface area contributed by atoms with Crippen molar-refractivity contribution in [3.63, 3.8) is 0 Å². The molecule has 1 atom stereocenters. The molecule has 1 amide bonds. The summed E-state index contributed by atoms with van der Waals surface area (Å²) in [4.78, 5) is 23.6. The van der Waals surface area contributed by atoms with Gasteiger partial charge in [0.1, 0.15) is 5.75 Å². The Kier molecular flexibility index (Phi) is 5.91.